The Labute approximate surface area is 172 Å². The molecule has 5 nitrogen and oxygen atoms in total. The summed E-state index contributed by atoms with van der Waals surface area (Å²) in [5.41, 5.74) is 2.85. The van der Waals surface area contributed by atoms with Gasteiger partial charge >= 0.3 is 0 Å². The molecule has 0 aromatic heterocycles. The molecule has 2 aliphatic heterocycles. The zero-order valence-corrected chi connectivity index (χ0v) is 16.9. The fourth-order valence-electron chi connectivity index (χ4n) is 4.64. The van der Waals surface area contributed by atoms with Crippen molar-refractivity contribution in [1.29, 1.82) is 0 Å². The first-order valence-electron chi connectivity index (χ1n) is 10.6. The van der Waals surface area contributed by atoms with Gasteiger partial charge in [-0.05, 0) is 54.5 Å². The summed E-state index contributed by atoms with van der Waals surface area (Å²) in [6.07, 6.45) is 3.46. The highest BCUT2D eigenvalue weighted by molar-refractivity contribution is 5.78. The Bertz CT molecular complexity index is 869. The maximum Gasteiger partial charge on any atom is 0.226 e. The number of rotatable bonds is 4. The molecular weight excluding hydrogens is 364 g/mol. The molecule has 2 heterocycles. The van der Waals surface area contributed by atoms with E-state index in [1.807, 2.05) is 11.0 Å². The van der Waals surface area contributed by atoms with Gasteiger partial charge in [0.2, 0.25) is 5.91 Å². The lowest BCUT2D eigenvalue weighted by atomic mass is 9.92. The van der Waals surface area contributed by atoms with Crippen LogP contribution in [0.25, 0.3) is 0 Å². The van der Waals surface area contributed by atoms with Crippen molar-refractivity contribution >= 4 is 5.91 Å². The summed E-state index contributed by atoms with van der Waals surface area (Å²) in [5, 5.41) is 20.9. The lowest BCUT2D eigenvalue weighted by Gasteiger charge is -2.36. The van der Waals surface area contributed by atoms with Gasteiger partial charge in [-0.2, -0.15) is 0 Å². The van der Waals surface area contributed by atoms with Crippen LogP contribution in [0.3, 0.4) is 0 Å². The molecular formula is C24H30N2O3. The van der Waals surface area contributed by atoms with E-state index in [-0.39, 0.29) is 18.1 Å². The second-order valence-corrected chi connectivity index (χ2v) is 8.53. The number of aromatic hydroxyl groups is 1. The van der Waals surface area contributed by atoms with Crippen molar-refractivity contribution < 1.29 is 15.0 Å². The highest BCUT2D eigenvalue weighted by Crippen LogP contribution is 2.27. The monoisotopic (exact) mass is 394 g/mol. The Kier molecular flexibility index (Phi) is 5.88. The van der Waals surface area contributed by atoms with E-state index in [9.17, 15) is 15.0 Å². The van der Waals surface area contributed by atoms with Crippen molar-refractivity contribution in [3.63, 3.8) is 0 Å². The molecule has 2 aromatic carbocycles. The maximum absolute atomic E-state index is 12.7. The zero-order valence-electron chi connectivity index (χ0n) is 16.9. The molecule has 29 heavy (non-hydrogen) atoms. The third-order valence-corrected chi connectivity index (χ3v) is 6.26. The molecule has 1 amide bonds. The minimum atomic E-state index is -0.744. The molecule has 0 spiro atoms. The van der Waals surface area contributed by atoms with Crippen LogP contribution in [0, 0.1) is 0 Å². The highest BCUT2D eigenvalue weighted by Gasteiger charge is 2.34. The molecule has 0 saturated carbocycles. The van der Waals surface area contributed by atoms with E-state index in [4.69, 9.17) is 0 Å². The number of hydrogen-bond acceptors (Lipinski definition) is 4. The molecule has 0 aliphatic carbocycles. The van der Waals surface area contributed by atoms with Gasteiger partial charge in [0, 0.05) is 32.7 Å². The van der Waals surface area contributed by atoms with Crippen LogP contribution in [-0.4, -0.2) is 57.7 Å². The lowest BCUT2D eigenvalue weighted by molar-refractivity contribution is -0.130. The van der Waals surface area contributed by atoms with Gasteiger partial charge in [-0.3, -0.25) is 9.69 Å². The standard InChI is InChI=1S/C24H30N2O3/c27-22-8-3-5-19(15-22)16-23(28)26-12-4-10-24(29,11-14-26)18-25-13-9-20-6-1-2-7-21(20)17-25/h1-3,5-8,15,27,29H,4,9-14,16-18H2. The molecule has 1 saturated heterocycles. The Morgan fingerprint density at radius 3 is 2.66 bits per heavy atom. The third-order valence-electron chi connectivity index (χ3n) is 6.26. The minimum absolute atomic E-state index is 0.0618. The van der Waals surface area contributed by atoms with Gasteiger partial charge in [0.1, 0.15) is 5.75 Å². The Balaban J connectivity index is 1.33. The number of carbonyl (C=O) groups excluding carboxylic acids is 1. The highest BCUT2D eigenvalue weighted by atomic mass is 16.3. The molecule has 1 fully saturated rings. The van der Waals surface area contributed by atoms with Crippen molar-refractivity contribution in [3.8, 4) is 5.75 Å². The number of fused-ring (bicyclic) bond motifs is 1. The first kappa shape index (κ1) is 19.9. The summed E-state index contributed by atoms with van der Waals surface area (Å²) in [4.78, 5) is 16.9. The number of aliphatic hydroxyl groups is 1. The molecule has 1 unspecified atom stereocenters. The van der Waals surface area contributed by atoms with E-state index in [0.717, 1.165) is 37.9 Å². The Morgan fingerprint density at radius 1 is 1.00 bits per heavy atom. The van der Waals surface area contributed by atoms with Crippen LogP contribution in [0.4, 0.5) is 0 Å². The summed E-state index contributed by atoms with van der Waals surface area (Å²) in [5.74, 6) is 0.246. The summed E-state index contributed by atoms with van der Waals surface area (Å²) in [7, 11) is 0. The fourth-order valence-corrected chi connectivity index (χ4v) is 4.64. The van der Waals surface area contributed by atoms with Crippen molar-refractivity contribution in [1.82, 2.24) is 9.80 Å². The predicted octanol–water partition coefficient (Wildman–Crippen LogP) is 2.74. The molecule has 2 aliphatic rings. The van der Waals surface area contributed by atoms with E-state index >= 15 is 0 Å². The third kappa shape index (κ3) is 4.98. The van der Waals surface area contributed by atoms with E-state index in [1.54, 1.807) is 18.2 Å². The second kappa shape index (κ2) is 8.56. The number of nitrogens with zero attached hydrogens (tertiary/aromatic N) is 2. The van der Waals surface area contributed by atoms with Crippen molar-refractivity contribution in [2.75, 3.05) is 26.2 Å². The van der Waals surface area contributed by atoms with E-state index in [0.29, 0.717) is 26.1 Å². The van der Waals surface area contributed by atoms with Gasteiger partial charge in [0.25, 0.3) is 0 Å². The van der Waals surface area contributed by atoms with Gasteiger partial charge in [0.15, 0.2) is 0 Å². The van der Waals surface area contributed by atoms with Crippen LogP contribution < -0.4 is 0 Å². The first-order chi connectivity index (χ1) is 14.0. The number of amides is 1. The predicted molar refractivity (Wildman–Crippen MR) is 113 cm³/mol. The summed E-state index contributed by atoms with van der Waals surface area (Å²) in [6.45, 7) is 3.79. The fraction of sp³-hybridized carbons (Fsp3) is 0.458. The second-order valence-electron chi connectivity index (χ2n) is 8.53. The van der Waals surface area contributed by atoms with Crippen LogP contribution in [0.2, 0.25) is 0 Å². The average Bonchev–Trinajstić information content (AvgIpc) is 2.89. The molecule has 5 heteroatoms. The molecule has 0 radical (unpaired) electrons. The lowest BCUT2D eigenvalue weighted by Crippen LogP contribution is -2.45. The number of benzene rings is 2. The van der Waals surface area contributed by atoms with Gasteiger partial charge < -0.3 is 15.1 Å². The van der Waals surface area contributed by atoms with Gasteiger partial charge in [0.05, 0.1) is 12.0 Å². The van der Waals surface area contributed by atoms with Gasteiger partial charge in [-0.15, -0.1) is 0 Å². The van der Waals surface area contributed by atoms with Gasteiger partial charge in [-0.25, -0.2) is 0 Å². The van der Waals surface area contributed by atoms with Crippen LogP contribution in [-0.2, 0) is 24.2 Å². The summed E-state index contributed by atoms with van der Waals surface area (Å²) < 4.78 is 0. The largest absolute Gasteiger partial charge is 0.508 e. The number of phenolic OH excluding ortho intramolecular Hbond substituents is 1. The van der Waals surface area contributed by atoms with Crippen LogP contribution >= 0.6 is 0 Å². The Hall–Kier alpha value is -2.37. The van der Waals surface area contributed by atoms with Crippen molar-refractivity contribution in [3.05, 3.63) is 65.2 Å². The van der Waals surface area contributed by atoms with Crippen LogP contribution in [0.1, 0.15) is 36.0 Å². The zero-order chi connectivity index (χ0) is 20.3. The number of likely N-dealkylation sites (tertiary alicyclic amines) is 1. The topological polar surface area (TPSA) is 64.0 Å². The first-order valence-corrected chi connectivity index (χ1v) is 10.6. The van der Waals surface area contributed by atoms with E-state index in [2.05, 4.69) is 29.2 Å². The normalized spacial score (nSPS) is 22.7. The number of carbonyl (C=O) groups is 1. The molecule has 0 bridgehead atoms. The van der Waals surface area contributed by atoms with E-state index in [1.165, 1.54) is 11.1 Å². The molecule has 4 rings (SSSR count). The smallest absolute Gasteiger partial charge is 0.226 e. The summed E-state index contributed by atoms with van der Waals surface area (Å²) >= 11 is 0. The quantitative estimate of drug-likeness (QED) is 0.837. The Morgan fingerprint density at radius 2 is 1.83 bits per heavy atom. The number of hydrogen-bond donors (Lipinski definition) is 2. The summed E-state index contributed by atoms with van der Waals surface area (Å²) in [6, 6.07) is 15.4. The average molecular weight is 395 g/mol. The molecule has 2 aromatic rings. The molecule has 154 valence electrons. The van der Waals surface area contributed by atoms with Crippen LogP contribution in [0.5, 0.6) is 5.75 Å². The SMILES string of the molecule is O=C(Cc1cccc(O)c1)N1CCCC(O)(CN2CCc3ccccc3C2)CC1. The number of β-amino-alcohol motifs (C(OH)–C–C–N with tert-alkyl or cyclic N) is 1. The maximum atomic E-state index is 12.7. The van der Waals surface area contributed by atoms with Crippen molar-refractivity contribution in [2.45, 2.75) is 44.2 Å². The van der Waals surface area contributed by atoms with Gasteiger partial charge in [-0.1, -0.05) is 36.4 Å². The van der Waals surface area contributed by atoms with Crippen LogP contribution in [0.15, 0.2) is 48.5 Å². The minimum Gasteiger partial charge on any atom is -0.508 e. The number of phenols is 1. The van der Waals surface area contributed by atoms with Crippen molar-refractivity contribution in [2.24, 2.45) is 0 Å². The molecule has 1 atom stereocenters. The van der Waals surface area contributed by atoms with E-state index < -0.39 is 5.60 Å². The molecule has 2 N–H and O–H groups in total.